The number of carbonyl (C=O) groups is 1. The SMILES string of the molecule is Cc1cc(Cl)c(C(=O)NCCc2ccc(F)cc2C)cn1. The van der Waals surface area contributed by atoms with E-state index in [0.717, 1.165) is 16.8 Å². The minimum atomic E-state index is -0.257. The molecule has 0 radical (unpaired) electrons. The van der Waals surface area contributed by atoms with E-state index in [1.165, 1.54) is 18.3 Å². The standard InChI is InChI=1S/C16H16ClFN2O/c1-10-7-13(18)4-3-12(10)5-6-19-16(21)14-9-20-11(2)8-15(14)17/h3-4,7-9H,5-6H2,1-2H3,(H,19,21). The van der Waals surface area contributed by atoms with E-state index in [-0.39, 0.29) is 11.7 Å². The van der Waals surface area contributed by atoms with E-state index in [9.17, 15) is 9.18 Å². The summed E-state index contributed by atoms with van der Waals surface area (Å²) in [5.41, 5.74) is 3.00. The lowest BCUT2D eigenvalue weighted by molar-refractivity contribution is 0.0954. The van der Waals surface area contributed by atoms with Crippen LogP contribution in [-0.4, -0.2) is 17.4 Å². The smallest absolute Gasteiger partial charge is 0.254 e. The quantitative estimate of drug-likeness (QED) is 0.940. The number of rotatable bonds is 4. The highest BCUT2D eigenvalue weighted by Crippen LogP contribution is 2.15. The summed E-state index contributed by atoms with van der Waals surface area (Å²) < 4.78 is 13.0. The molecular weight excluding hydrogens is 291 g/mol. The summed E-state index contributed by atoms with van der Waals surface area (Å²) in [6.07, 6.45) is 2.10. The summed E-state index contributed by atoms with van der Waals surface area (Å²) in [6.45, 7) is 4.11. The second-order valence-corrected chi connectivity index (χ2v) is 5.29. The fraction of sp³-hybridized carbons (Fsp3) is 0.250. The van der Waals surface area contributed by atoms with Gasteiger partial charge in [-0.15, -0.1) is 0 Å². The van der Waals surface area contributed by atoms with Gasteiger partial charge in [-0.1, -0.05) is 17.7 Å². The summed E-state index contributed by atoms with van der Waals surface area (Å²) in [5, 5.41) is 3.18. The lowest BCUT2D eigenvalue weighted by atomic mass is 10.1. The van der Waals surface area contributed by atoms with Crippen molar-refractivity contribution in [3.8, 4) is 0 Å². The largest absolute Gasteiger partial charge is 0.352 e. The maximum atomic E-state index is 13.0. The zero-order chi connectivity index (χ0) is 15.4. The average molecular weight is 307 g/mol. The summed E-state index contributed by atoms with van der Waals surface area (Å²) in [5.74, 6) is -0.509. The van der Waals surface area contributed by atoms with Crippen LogP contribution >= 0.6 is 11.6 Å². The van der Waals surface area contributed by atoms with E-state index in [2.05, 4.69) is 10.3 Å². The Kier molecular flexibility index (Phi) is 4.91. The summed E-state index contributed by atoms with van der Waals surface area (Å²) in [7, 11) is 0. The number of amides is 1. The normalized spacial score (nSPS) is 10.5. The maximum Gasteiger partial charge on any atom is 0.254 e. The predicted octanol–water partition coefficient (Wildman–Crippen LogP) is 3.46. The first kappa shape index (κ1) is 15.4. The van der Waals surface area contributed by atoms with Crippen molar-refractivity contribution in [1.29, 1.82) is 0 Å². The molecule has 0 aliphatic carbocycles. The van der Waals surface area contributed by atoms with Gasteiger partial charge in [0.25, 0.3) is 5.91 Å². The van der Waals surface area contributed by atoms with E-state index in [0.29, 0.717) is 23.6 Å². The predicted molar refractivity (Wildman–Crippen MR) is 81.2 cm³/mol. The molecule has 110 valence electrons. The van der Waals surface area contributed by atoms with Crippen molar-refractivity contribution in [2.45, 2.75) is 20.3 Å². The lowest BCUT2D eigenvalue weighted by Crippen LogP contribution is -2.26. The molecule has 0 aliphatic rings. The molecule has 0 unspecified atom stereocenters. The van der Waals surface area contributed by atoms with Crippen LogP contribution in [0.3, 0.4) is 0 Å². The van der Waals surface area contributed by atoms with Gasteiger partial charge in [-0.2, -0.15) is 0 Å². The zero-order valence-electron chi connectivity index (χ0n) is 11.9. The molecule has 1 amide bonds. The van der Waals surface area contributed by atoms with Gasteiger partial charge in [0.2, 0.25) is 0 Å². The van der Waals surface area contributed by atoms with Crippen molar-refractivity contribution in [1.82, 2.24) is 10.3 Å². The Morgan fingerprint density at radius 1 is 1.33 bits per heavy atom. The molecule has 1 aromatic heterocycles. The van der Waals surface area contributed by atoms with Gasteiger partial charge >= 0.3 is 0 Å². The molecule has 0 fully saturated rings. The summed E-state index contributed by atoms with van der Waals surface area (Å²) in [4.78, 5) is 16.1. The van der Waals surface area contributed by atoms with Crippen LogP contribution in [0.5, 0.6) is 0 Å². The van der Waals surface area contributed by atoms with Crippen molar-refractivity contribution in [2.75, 3.05) is 6.54 Å². The second kappa shape index (κ2) is 6.68. The Morgan fingerprint density at radius 3 is 2.76 bits per heavy atom. The van der Waals surface area contributed by atoms with Crippen LogP contribution in [0.1, 0.15) is 27.2 Å². The Balaban J connectivity index is 1.95. The number of aromatic nitrogens is 1. The van der Waals surface area contributed by atoms with Gasteiger partial charge in [-0.25, -0.2) is 4.39 Å². The molecule has 1 heterocycles. The Bertz CT molecular complexity index is 673. The summed E-state index contributed by atoms with van der Waals surface area (Å²) >= 11 is 6.02. The minimum absolute atomic E-state index is 0.252. The van der Waals surface area contributed by atoms with E-state index in [4.69, 9.17) is 11.6 Å². The molecule has 0 saturated carbocycles. The molecule has 0 aliphatic heterocycles. The number of hydrogen-bond acceptors (Lipinski definition) is 2. The number of pyridine rings is 1. The molecule has 2 rings (SSSR count). The van der Waals surface area contributed by atoms with Gasteiger partial charge in [0.1, 0.15) is 5.82 Å². The van der Waals surface area contributed by atoms with Crippen molar-refractivity contribution >= 4 is 17.5 Å². The number of benzene rings is 1. The minimum Gasteiger partial charge on any atom is -0.352 e. The number of nitrogens with zero attached hydrogens (tertiary/aromatic N) is 1. The fourth-order valence-corrected chi connectivity index (χ4v) is 2.33. The molecule has 0 atom stereocenters. The molecule has 2 aromatic rings. The first-order chi connectivity index (χ1) is 9.97. The van der Waals surface area contributed by atoms with E-state index in [1.807, 2.05) is 13.8 Å². The Morgan fingerprint density at radius 2 is 2.10 bits per heavy atom. The van der Waals surface area contributed by atoms with Crippen molar-refractivity contribution in [3.05, 3.63) is 63.7 Å². The van der Waals surface area contributed by atoms with Crippen molar-refractivity contribution in [3.63, 3.8) is 0 Å². The third-order valence-corrected chi connectivity index (χ3v) is 3.53. The average Bonchev–Trinajstić information content (AvgIpc) is 2.41. The molecular formula is C16H16ClFN2O. The zero-order valence-corrected chi connectivity index (χ0v) is 12.7. The third kappa shape index (κ3) is 4.02. The van der Waals surface area contributed by atoms with Crippen LogP contribution in [0.15, 0.2) is 30.5 Å². The Labute approximate surface area is 128 Å². The summed E-state index contributed by atoms with van der Waals surface area (Å²) in [6, 6.07) is 6.29. The number of aryl methyl sites for hydroxylation is 2. The van der Waals surface area contributed by atoms with Crippen LogP contribution in [0.25, 0.3) is 0 Å². The molecule has 3 nitrogen and oxygen atoms in total. The molecule has 1 aromatic carbocycles. The molecule has 0 spiro atoms. The molecule has 5 heteroatoms. The van der Waals surface area contributed by atoms with Gasteiger partial charge in [-0.05, 0) is 49.6 Å². The molecule has 1 N–H and O–H groups in total. The monoisotopic (exact) mass is 306 g/mol. The number of halogens is 2. The maximum absolute atomic E-state index is 13.0. The fourth-order valence-electron chi connectivity index (χ4n) is 2.04. The van der Waals surface area contributed by atoms with Crippen LogP contribution in [0.4, 0.5) is 4.39 Å². The highest BCUT2D eigenvalue weighted by atomic mass is 35.5. The molecule has 21 heavy (non-hydrogen) atoms. The number of hydrogen-bond donors (Lipinski definition) is 1. The van der Waals surface area contributed by atoms with Gasteiger partial charge in [-0.3, -0.25) is 9.78 Å². The number of nitrogens with one attached hydrogen (secondary N) is 1. The van der Waals surface area contributed by atoms with E-state index < -0.39 is 0 Å². The lowest BCUT2D eigenvalue weighted by Gasteiger charge is -2.09. The first-order valence-electron chi connectivity index (χ1n) is 6.63. The topological polar surface area (TPSA) is 42.0 Å². The Hall–Kier alpha value is -1.94. The second-order valence-electron chi connectivity index (χ2n) is 4.88. The van der Waals surface area contributed by atoms with Crippen LogP contribution < -0.4 is 5.32 Å². The van der Waals surface area contributed by atoms with Crippen LogP contribution in [0.2, 0.25) is 5.02 Å². The van der Waals surface area contributed by atoms with Gasteiger partial charge in [0.15, 0.2) is 0 Å². The number of carbonyl (C=O) groups excluding carboxylic acids is 1. The van der Waals surface area contributed by atoms with Crippen molar-refractivity contribution < 1.29 is 9.18 Å². The highest BCUT2D eigenvalue weighted by molar-refractivity contribution is 6.33. The molecule has 0 saturated heterocycles. The van der Waals surface area contributed by atoms with Crippen molar-refractivity contribution in [2.24, 2.45) is 0 Å². The van der Waals surface area contributed by atoms with E-state index >= 15 is 0 Å². The third-order valence-electron chi connectivity index (χ3n) is 3.22. The van der Waals surface area contributed by atoms with Gasteiger partial charge < -0.3 is 5.32 Å². The molecule has 0 bridgehead atoms. The van der Waals surface area contributed by atoms with Gasteiger partial charge in [0.05, 0.1) is 10.6 Å². The van der Waals surface area contributed by atoms with E-state index in [1.54, 1.807) is 12.1 Å². The van der Waals surface area contributed by atoms with Crippen LogP contribution in [-0.2, 0) is 6.42 Å². The van der Waals surface area contributed by atoms with Crippen LogP contribution in [0, 0.1) is 19.7 Å². The first-order valence-corrected chi connectivity index (χ1v) is 7.00. The highest BCUT2D eigenvalue weighted by Gasteiger charge is 2.10. The van der Waals surface area contributed by atoms with Gasteiger partial charge in [0, 0.05) is 18.4 Å².